The number of nitrogens with one attached hydrogen (secondary N) is 1. The van der Waals surface area contributed by atoms with E-state index in [-0.39, 0.29) is 12.2 Å². The van der Waals surface area contributed by atoms with Crippen LogP contribution in [0.1, 0.15) is 18.6 Å². The van der Waals surface area contributed by atoms with Crippen LogP contribution in [0.5, 0.6) is 0 Å². The van der Waals surface area contributed by atoms with Gasteiger partial charge in [0.15, 0.2) is 6.10 Å². The van der Waals surface area contributed by atoms with Crippen molar-refractivity contribution in [1.29, 1.82) is 0 Å². The minimum atomic E-state index is -1.71. The second kappa shape index (κ2) is 5.38. The summed E-state index contributed by atoms with van der Waals surface area (Å²) in [5.74, 6) is -1.38. The van der Waals surface area contributed by atoms with Crippen LogP contribution in [0.3, 0.4) is 0 Å². The molecule has 0 spiro atoms. The third-order valence-corrected chi connectivity index (χ3v) is 2.82. The molecule has 0 saturated carbocycles. The van der Waals surface area contributed by atoms with Crippen molar-refractivity contribution in [2.24, 2.45) is 0 Å². The van der Waals surface area contributed by atoms with Gasteiger partial charge in [0.2, 0.25) is 0 Å². The van der Waals surface area contributed by atoms with E-state index in [0.29, 0.717) is 10.9 Å². The Morgan fingerprint density at radius 2 is 2.21 bits per heavy atom. The quantitative estimate of drug-likeness (QED) is 0.728. The molecule has 2 atom stereocenters. The number of hydrogen-bond donors (Lipinski definition) is 3. The monoisotopic (exact) mass is 267 g/mol. The zero-order valence-electron chi connectivity index (χ0n) is 10.3. The van der Waals surface area contributed by atoms with Gasteiger partial charge in [0.25, 0.3) is 0 Å². The number of esters is 1. The van der Waals surface area contributed by atoms with Crippen molar-refractivity contribution in [1.82, 2.24) is 4.98 Å². The van der Waals surface area contributed by atoms with Crippen molar-refractivity contribution in [2.45, 2.75) is 19.1 Å². The van der Waals surface area contributed by atoms with E-state index in [9.17, 15) is 19.4 Å². The van der Waals surface area contributed by atoms with Crippen LogP contribution >= 0.6 is 0 Å². The molecule has 0 aliphatic rings. The summed E-state index contributed by atoms with van der Waals surface area (Å²) in [6.07, 6.45) is -1.76. The highest BCUT2D eigenvalue weighted by atomic mass is 19.1. The fourth-order valence-electron chi connectivity index (χ4n) is 1.89. The molecule has 2 rings (SSSR count). The Bertz CT molecular complexity index is 595. The summed E-state index contributed by atoms with van der Waals surface area (Å²) < 4.78 is 17.8. The number of halogens is 1. The number of ether oxygens (including phenoxy) is 1. The predicted molar refractivity (Wildman–Crippen MR) is 65.9 cm³/mol. The number of rotatable bonds is 4. The number of hydrogen-bond acceptors (Lipinski definition) is 4. The molecule has 6 heteroatoms. The number of aromatic nitrogens is 1. The third-order valence-electron chi connectivity index (χ3n) is 2.82. The largest absolute Gasteiger partial charge is 0.464 e. The van der Waals surface area contributed by atoms with E-state index in [4.69, 9.17) is 0 Å². The van der Waals surface area contributed by atoms with E-state index in [1.165, 1.54) is 24.4 Å². The first-order valence-electron chi connectivity index (χ1n) is 5.84. The molecule has 3 N–H and O–H groups in total. The lowest BCUT2D eigenvalue weighted by atomic mass is 10.0. The standard InChI is InChI=1S/C13H14FNO4/c1-2-19-13(18)12(17)11(16)9-6-15-10-4-3-7(14)5-8(9)10/h3-6,11-12,15-17H,2H2,1H3. The lowest BCUT2D eigenvalue weighted by Gasteiger charge is -2.15. The topological polar surface area (TPSA) is 82.6 Å². The first-order chi connectivity index (χ1) is 9.04. The number of benzene rings is 1. The molecule has 0 saturated heterocycles. The Balaban J connectivity index is 2.33. The van der Waals surface area contributed by atoms with Crippen molar-refractivity contribution in [3.63, 3.8) is 0 Å². The number of aromatic amines is 1. The van der Waals surface area contributed by atoms with Gasteiger partial charge in [-0.05, 0) is 25.1 Å². The third kappa shape index (κ3) is 2.59. The summed E-state index contributed by atoms with van der Waals surface area (Å²) in [5.41, 5.74) is 0.849. The van der Waals surface area contributed by atoms with E-state index in [1.54, 1.807) is 6.92 Å². The fourth-order valence-corrected chi connectivity index (χ4v) is 1.89. The summed E-state index contributed by atoms with van der Waals surface area (Å²) in [6, 6.07) is 4.01. The Labute approximate surface area is 108 Å². The predicted octanol–water partition coefficient (Wildman–Crippen LogP) is 1.26. The van der Waals surface area contributed by atoms with Crippen LogP contribution in [0, 0.1) is 5.82 Å². The minimum Gasteiger partial charge on any atom is -0.464 e. The molecule has 2 unspecified atom stereocenters. The fraction of sp³-hybridized carbons (Fsp3) is 0.308. The van der Waals surface area contributed by atoms with E-state index in [1.807, 2.05) is 0 Å². The summed E-state index contributed by atoms with van der Waals surface area (Å²) >= 11 is 0. The van der Waals surface area contributed by atoms with Gasteiger partial charge in [0.1, 0.15) is 11.9 Å². The van der Waals surface area contributed by atoms with Gasteiger partial charge in [0.05, 0.1) is 6.61 Å². The highest BCUT2D eigenvalue weighted by Gasteiger charge is 2.28. The maximum atomic E-state index is 13.2. The van der Waals surface area contributed by atoms with E-state index in [0.717, 1.165) is 0 Å². The summed E-state index contributed by atoms with van der Waals surface area (Å²) in [4.78, 5) is 14.2. The highest BCUT2D eigenvalue weighted by Crippen LogP contribution is 2.27. The molecule has 0 fully saturated rings. The molecule has 0 amide bonds. The van der Waals surface area contributed by atoms with Gasteiger partial charge < -0.3 is 19.9 Å². The Morgan fingerprint density at radius 1 is 1.47 bits per heavy atom. The molecule has 1 aromatic heterocycles. The first-order valence-corrected chi connectivity index (χ1v) is 5.84. The van der Waals surface area contributed by atoms with Crippen LogP contribution in [0.2, 0.25) is 0 Å². The Kier molecular flexibility index (Phi) is 3.82. The van der Waals surface area contributed by atoms with Crippen LogP contribution in [0.15, 0.2) is 24.4 Å². The zero-order chi connectivity index (χ0) is 14.0. The van der Waals surface area contributed by atoms with Crippen molar-refractivity contribution >= 4 is 16.9 Å². The normalized spacial score (nSPS) is 14.3. The van der Waals surface area contributed by atoms with Crippen LogP contribution in [0.25, 0.3) is 10.9 Å². The SMILES string of the molecule is CCOC(=O)C(O)C(O)c1c[nH]c2ccc(F)cc12. The maximum Gasteiger partial charge on any atom is 0.338 e. The number of H-pyrrole nitrogens is 1. The van der Waals surface area contributed by atoms with Gasteiger partial charge in [-0.25, -0.2) is 9.18 Å². The molecular weight excluding hydrogens is 253 g/mol. The molecule has 102 valence electrons. The number of fused-ring (bicyclic) bond motifs is 1. The van der Waals surface area contributed by atoms with Gasteiger partial charge in [-0.2, -0.15) is 0 Å². The number of carbonyl (C=O) groups is 1. The van der Waals surface area contributed by atoms with Crippen molar-refractivity contribution in [3.05, 3.63) is 35.8 Å². The molecule has 0 bridgehead atoms. The van der Waals surface area contributed by atoms with Gasteiger partial charge in [-0.3, -0.25) is 0 Å². The molecule has 1 aromatic carbocycles. The summed E-state index contributed by atoms with van der Waals surface area (Å²) in [6.45, 7) is 1.70. The maximum absolute atomic E-state index is 13.2. The molecule has 0 aliphatic heterocycles. The number of aliphatic hydroxyl groups excluding tert-OH is 2. The molecule has 0 aliphatic carbocycles. The van der Waals surface area contributed by atoms with Gasteiger partial charge >= 0.3 is 5.97 Å². The summed E-state index contributed by atoms with van der Waals surface area (Å²) in [7, 11) is 0. The van der Waals surface area contributed by atoms with Crippen LogP contribution in [0.4, 0.5) is 4.39 Å². The van der Waals surface area contributed by atoms with E-state index >= 15 is 0 Å². The average molecular weight is 267 g/mol. The second-order valence-electron chi connectivity index (χ2n) is 4.08. The van der Waals surface area contributed by atoms with Crippen molar-refractivity contribution in [2.75, 3.05) is 6.61 Å². The lowest BCUT2D eigenvalue weighted by molar-refractivity contribution is -0.159. The van der Waals surface area contributed by atoms with Crippen molar-refractivity contribution in [3.8, 4) is 0 Å². The molecule has 0 radical (unpaired) electrons. The Morgan fingerprint density at radius 3 is 2.89 bits per heavy atom. The second-order valence-corrected chi connectivity index (χ2v) is 4.08. The van der Waals surface area contributed by atoms with Crippen molar-refractivity contribution < 1.29 is 24.1 Å². The minimum absolute atomic E-state index is 0.102. The average Bonchev–Trinajstić information content (AvgIpc) is 2.80. The van der Waals surface area contributed by atoms with Crippen LogP contribution < -0.4 is 0 Å². The highest BCUT2D eigenvalue weighted by molar-refractivity contribution is 5.85. The smallest absolute Gasteiger partial charge is 0.338 e. The Hall–Kier alpha value is -1.92. The van der Waals surface area contributed by atoms with E-state index < -0.39 is 24.0 Å². The van der Waals surface area contributed by atoms with Gasteiger partial charge in [-0.15, -0.1) is 0 Å². The summed E-state index contributed by atoms with van der Waals surface area (Å²) in [5, 5.41) is 20.1. The van der Waals surface area contributed by atoms with E-state index in [2.05, 4.69) is 9.72 Å². The lowest BCUT2D eigenvalue weighted by Crippen LogP contribution is -2.29. The zero-order valence-corrected chi connectivity index (χ0v) is 10.3. The van der Waals surface area contributed by atoms with Crippen LogP contribution in [-0.4, -0.2) is 33.9 Å². The molecule has 2 aromatic rings. The first kappa shape index (κ1) is 13.5. The molecule has 5 nitrogen and oxygen atoms in total. The van der Waals surface area contributed by atoms with Gasteiger partial charge in [-0.1, -0.05) is 0 Å². The number of carbonyl (C=O) groups excluding carboxylic acids is 1. The molecular formula is C13H14FNO4. The number of aliphatic hydroxyl groups is 2. The van der Waals surface area contributed by atoms with Crippen LogP contribution in [-0.2, 0) is 9.53 Å². The molecule has 1 heterocycles. The molecule has 19 heavy (non-hydrogen) atoms. The van der Waals surface area contributed by atoms with Gasteiger partial charge in [0, 0.05) is 22.7 Å².